The van der Waals surface area contributed by atoms with Crippen LogP contribution >= 0.6 is 0 Å². The van der Waals surface area contributed by atoms with Crippen LogP contribution in [0.25, 0.3) is 0 Å². The maximum absolute atomic E-state index is 13.0. The smallest absolute Gasteiger partial charge is 0.325 e. The Hall–Kier alpha value is -2.37. The molecular weight excluding hydrogens is 318 g/mol. The zero-order valence-corrected chi connectivity index (χ0v) is 15.0. The van der Waals surface area contributed by atoms with Crippen LogP contribution in [0.1, 0.15) is 51.2 Å². The molecular formula is C19H25N3O3. The Morgan fingerprint density at radius 2 is 2.04 bits per heavy atom. The van der Waals surface area contributed by atoms with E-state index in [2.05, 4.69) is 10.6 Å². The first-order chi connectivity index (χ1) is 11.8. The lowest BCUT2D eigenvalue weighted by atomic mass is 9.92. The van der Waals surface area contributed by atoms with E-state index < -0.39 is 11.6 Å². The highest BCUT2D eigenvalue weighted by molar-refractivity contribution is 6.09. The van der Waals surface area contributed by atoms with Crippen LogP contribution in [0.5, 0.6) is 0 Å². The van der Waals surface area contributed by atoms with Crippen LogP contribution in [0.2, 0.25) is 0 Å². The van der Waals surface area contributed by atoms with Crippen LogP contribution in [0.15, 0.2) is 24.3 Å². The summed E-state index contributed by atoms with van der Waals surface area (Å²) in [5, 5.41) is 5.75. The number of urea groups is 1. The fourth-order valence-electron chi connectivity index (χ4n) is 3.98. The predicted molar refractivity (Wildman–Crippen MR) is 93.8 cm³/mol. The summed E-state index contributed by atoms with van der Waals surface area (Å²) < 4.78 is 0. The molecule has 2 N–H and O–H groups in total. The Labute approximate surface area is 148 Å². The van der Waals surface area contributed by atoms with Gasteiger partial charge in [-0.3, -0.25) is 14.5 Å². The second kappa shape index (κ2) is 6.17. The minimum Gasteiger partial charge on any atom is -0.350 e. The molecule has 6 nitrogen and oxygen atoms in total. The molecule has 0 saturated carbocycles. The first-order valence-corrected chi connectivity index (χ1v) is 8.82. The number of hydrogen-bond donors (Lipinski definition) is 2. The van der Waals surface area contributed by atoms with Crippen LogP contribution in [0, 0.1) is 0 Å². The molecule has 1 aliphatic carbocycles. The number of rotatable bonds is 5. The van der Waals surface area contributed by atoms with E-state index in [1.807, 2.05) is 45.0 Å². The first-order valence-electron chi connectivity index (χ1n) is 8.82. The third kappa shape index (κ3) is 3.01. The molecule has 3 rings (SSSR count). The van der Waals surface area contributed by atoms with Gasteiger partial charge in [0.2, 0.25) is 5.91 Å². The van der Waals surface area contributed by atoms with Gasteiger partial charge in [-0.15, -0.1) is 0 Å². The Morgan fingerprint density at radius 3 is 2.76 bits per heavy atom. The maximum Gasteiger partial charge on any atom is 0.325 e. The van der Waals surface area contributed by atoms with Crippen LogP contribution in [0.4, 0.5) is 4.79 Å². The number of aryl methyl sites for hydroxylation is 1. The van der Waals surface area contributed by atoms with E-state index in [0.29, 0.717) is 6.42 Å². The Kier molecular flexibility index (Phi) is 4.31. The normalized spacial score (nSPS) is 22.3. The molecule has 134 valence electrons. The van der Waals surface area contributed by atoms with Crippen molar-refractivity contribution in [3.05, 3.63) is 35.4 Å². The van der Waals surface area contributed by atoms with Crippen molar-refractivity contribution in [3.8, 4) is 0 Å². The Balaban J connectivity index is 1.76. The zero-order chi connectivity index (χ0) is 18.2. The largest absolute Gasteiger partial charge is 0.350 e. The maximum atomic E-state index is 13.0. The van der Waals surface area contributed by atoms with Crippen molar-refractivity contribution in [1.29, 1.82) is 0 Å². The third-order valence-electron chi connectivity index (χ3n) is 5.08. The molecule has 1 spiro atoms. The van der Waals surface area contributed by atoms with Gasteiger partial charge in [-0.1, -0.05) is 37.6 Å². The van der Waals surface area contributed by atoms with E-state index in [1.54, 1.807) is 0 Å². The van der Waals surface area contributed by atoms with E-state index in [1.165, 1.54) is 0 Å². The number of carbonyl (C=O) groups is 3. The monoisotopic (exact) mass is 343 g/mol. The summed E-state index contributed by atoms with van der Waals surface area (Å²) >= 11 is 0. The SMILES string of the molecule is CCCC(C)(C)NC(=O)CN1C(=O)N[C@@]2(CCc3ccccc32)C1=O. The molecule has 1 saturated heterocycles. The summed E-state index contributed by atoms with van der Waals surface area (Å²) in [5.74, 6) is -0.642. The van der Waals surface area contributed by atoms with Gasteiger partial charge in [-0.2, -0.15) is 0 Å². The molecule has 0 bridgehead atoms. The second-order valence-corrected chi connectivity index (χ2v) is 7.57. The summed E-state index contributed by atoms with van der Waals surface area (Å²) in [6, 6.07) is 7.17. The average Bonchev–Trinajstić information content (AvgIpc) is 3.01. The standard InChI is InChI=1S/C19H25N3O3/c1-4-10-18(2,3)20-15(23)12-22-16(24)19(21-17(22)25)11-9-13-7-5-6-8-14(13)19/h5-8H,4,9-12H2,1-3H3,(H,20,23)(H,21,25)/t19-/m1/s1. The molecule has 25 heavy (non-hydrogen) atoms. The summed E-state index contributed by atoms with van der Waals surface area (Å²) in [7, 11) is 0. The number of amides is 4. The lowest BCUT2D eigenvalue weighted by molar-refractivity contribution is -0.135. The number of imide groups is 1. The highest BCUT2D eigenvalue weighted by atomic mass is 16.2. The minimum absolute atomic E-state index is 0.248. The van der Waals surface area contributed by atoms with Crippen LogP contribution in [0.3, 0.4) is 0 Å². The molecule has 1 aromatic rings. The molecule has 2 aliphatic rings. The molecule has 4 amide bonds. The van der Waals surface area contributed by atoms with Gasteiger partial charge >= 0.3 is 6.03 Å². The fourth-order valence-corrected chi connectivity index (χ4v) is 3.98. The van der Waals surface area contributed by atoms with Crippen LogP contribution < -0.4 is 10.6 Å². The number of benzene rings is 1. The van der Waals surface area contributed by atoms with Gasteiger partial charge in [0.05, 0.1) is 0 Å². The van der Waals surface area contributed by atoms with Crippen LogP contribution in [-0.4, -0.2) is 34.8 Å². The summed E-state index contributed by atoms with van der Waals surface area (Å²) in [6.07, 6.45) is 3.05. The average molecular weight is 343 g/mol. The number of fused-ring (bicyclic) bond motifs is 2. The number of nitrogens with zero attached hydrogens (tertiary/aromatic N) is 1. The van der Waals surface area contributed by atoms with Gasteiger partial charge in [0.25, 0.3) is 5.91 Å². The van der Waals surface area contributed by atoms with Crippen molar-refractivity contribution < 1.29 is 14.4 Å². The van der Waals surface area contributed by atoms with E-state index in [-0.39, 0.29) is 23.9 Å². The van der Waals surface area contributed by atoms with Crippen molar-refractivity contribution in [3.63, 3.8) is 0 Å². The molecule has 1 aromatic carbocycles. The first kappa shape index (κ1) is 17.5. The molecule has 0 aromatic heterocycles. The van der Waals surface area contributed by atoms with E-state index in [0.717, 1.165) is 35.3 Å². The van der Waals surface area contributed by atoms with Crippen molar-refractivity contribution in [2.75, 3.05) is 6.54 Å². The second-order valence-electron chi connectivity index (χ2n) is 7.57. The lowest BCUT2D eigenvalue weighted by Gasteiger charge is -2.27. The predicted octanol–water partition coefficient (Wildman–Crippen LogP) is 2.07. The van der Waals surface area contributed by atoms with Gasteiger partial charge in [-0.25, -0.2) is 4.79 Å². The van der Waals surface area contributed by atoms with Gasteiger partial charge in [0.15, 0.2) is 0 Å². The zero-order valence-electron chi connectivity index (χ0n) is 15.0. The van der Waals surface area contributed by atoms with Crippen molar-refractivity contribution in [2.45, 2.75) is 57.5 Å². The van der Waals surface area contributed by atoms with E-state index in [4.69, 9.17) is 0 Å². The quantitative estimate of drug-likeness (QED) is 0.804. The Bertz CT molecular complexity index is 728. The summed E-state index contributed by atoms with van der Waals surface area (Å²) in [4.78, 5) is 38.8. The molecule has 1 heterocycles. The van der Waals surface area contributed by atoms with Crippen molar-refractivity contribution in [2.24, 2.45) is 0 Å². The van der Waals surface area contributed by atoms with Gasteiger partial charge in [0.1, 0.15) is 12.1 Å². The van der Waals surface area contributed by atoms with E-state index >= 15 is 0 Å². The molecule has 0 unspecified atom stereocenters. The number of carbonyl (C=O) groups excluding carboxylic acids is 3. The Morgan fingerprint density at radius 1 is 1.32 bits per heavy atom. The minimum atomic E-state index is -1.01. The highest BCUT2D eigenvalue weighted by Crippen LogP contribution is 2.41. The van der Waals surface area contributed by atoms with Crippen molar-refractivity contribution in [1.82, 2.24) is 15.5 Å². The molecule has 6 heteroatoms. The van der Waals surface area contributed by atoms with Gasteiger partial charge in [0, 0.05) is 5.54 Å². The lowest BCUT2D eigenvalue weighted by Crippen LogP contribution is -2.49. The van der Waals surface area contributed by atoms with Crippen molar-refractivity contribution >= 4 is 17.8 Å². The number of hydrogen-bond acceptors (Lipinski definition) is 3. The molecule has 1 atom stereocenters. The third-order valence-corrected chi connectivity index (χ3v) is 5.08. The fraction of sp³-hybridized carbons (Fsp3) is 0.526. The van der Waals surface area contributed by atoms with Gasteiger partial charge in [-0.05, 0) is 44.2 Å². The topological polar surface area (TPSA) is 78.5 Å². The summed E-state index contributed by atoms with van der Waals surface area (Å²) in [5.41, 5.74) is 0.560. The summed E-state index contributed by atoms with van der Waals surface area (Å²) in [6.45, 7) is 5.68. The highest BCUT2D eigenvalue weighted by Gasteiger charge is 2.55. The number of nitrogens with one attached hydrogen (secondary N) is 2. The van der Waals surface area contributed by atoms with Gasteiger partial charge < -0.3 is 10.6 Å². The molecule has 0 radical (unpaired) electrons. The van der Waals surface area contributed by atoms with Crippen LogP contribution in [-0.2, 0) is 21.5 Å². The molecule has 1 fully saturated rings. The van der Waals surface area contributed by atoms with E-state index in [9.17, 15) is 14.4 Å². The molecule has 1 aliphatic heterocycles.